The first kappa shape index (κ1) is 24.0. The second-order valence-corrected chi connectivity index (χ2v) is 13.5. The van der Waals surface area contributed by atoms with Gasteiger partial charge in [-0.15, -0.1) is 0 Å². The van der Waals surface area contributed by atoms with E-state index in [2.05, 4.69) is 38.3 Å². The number of hydrogen-bond donors (Lipinski definition) is 0. The zero-order valence-electron chi connectivity index (χ0n) is 17.7. The summed E-state index contributed by atoms with van der Waals surface area (Å²) in [5.41, 5.74) is 0. The molecule has 0 amide bonds. The summed E-state index contributed by atoms with van der Waals surface area (Å²) >= 11 is -0.688. The second kappa shape index (κ2) is 13.2. The van der Waals surface area contributed by atoms with Crippen LogP contribution in [-0.4, -0.2) is 55.3 Å². The second-order valence-electron chi connectivity index (χ2n) is 7.93. The van der Waals surface area contributed by atoms with Gasteiger partial charge in [0.1, 0.15) is 0 Å². The van der Waals surface area contributed by atoms with Crippen LogP contribution < -0.4 is 0 Å². The predicted molar refractivity (Wildman–Crippen MR) is 113 cm³/mol. The Balaban J connectivity index is 2.82. The van der Waals surface area contributed by atoms with Crippen LogP contribution in [0.25, 0.3) is 0 Å². The summed E-state index contributed by atoms with van der Waals surface area (Å²) in [5, 5.41) is 0. The zero-order chi connectivity index (χ0) is 19.4. The number of carbonyl (C=O) groups is 1. The van der Waals surface area contributed by atoms with Crippen LogP contribution in [0.4, 0.5) is 0 Å². The molecule has 150 valence electrons. The van der Waals surface area contributed by atoms with E-state index in [1.807, 2.05) is 0 Å². The number of nitrogens with zero attached hydrogens (tertiary/aromatic N) is 1. The minimum atomic E-state index is -0.688. The number of esters is 1. The Morgan fingerprint density at radius 2 is 1.73 bits per heavy atom. The Morgan fingerprint density at radius 1 is 1.19 bits per heavy atom. The molecule has 3 nitrogen and oxygen atoms in total. The average Bonchev–Trinajstić information content (AvgIpc) is 3.08. The molecule has 1 heterocycles. The van der Waals surface area contributed by atoms with Crippen LogP contribution in [-0.2, 0) is 9.53 Å². The molecule has 1 aliphatic rings. The molecule has 1 saturated heterocycles. The van der Waals surface area contributed by atoms with Gasteiger partial charge >= 0.3 is 173 Å². The molecule has 1 fully saturated rings. The van der Waals surface area contributed by atoms with Crippen LogP contribution in [0.3, 0.4) is 0 Å². The molecular formula is C22H41NO2Sn. The molecule has 0 aromatic heterocycles. The molecule has 0 aromatic rings. The fraction of sp³-hybridized carbons (Fsp3) is 0.864. The first-order valence-electron chi connectivity index (χ1n) is 10.8. The van der Waals surface area contributed by atoms with Gasteiger partial charge in [0.25, 0.3) is 0 Å². The summed E-state index contributed by atoms with van der Waals surface area (Å²) in [6.45, 7) is 14.7. The van der Waals surface area contributed by atoms with Crippen LogP contribution in [0.5, 0.6) is 0 Å². The Bertz CT molecular complexity index is 391. The van der Waals surface area contributed by atoms with Crippen LogP contribution in [0.15, 0.2) is 12.7 Å². The molecule has 0 spiro atoms. The molecule has 0 aromatic carbocycles. The van der Waals surface area contributed by atoms with Crippen molar-refractivity contribution in [1.29, 1.82) is 0 Å². The number of unbranched alkanes of at least 4 members (excludes halogenated alkanes) is 3. The number of rotatable bonds is 14. The van der Waals surface area contributed by atoms with E-state index >= 15 is 0 Å². The first-order valence-corrected chi connectivity index (χ1v) is 13.9. The van der Waals surface area contributed by atoms with Gasteiger partial charge < -0.3 is 0 Å². The fourth-order valence-electron chi connectivity index (χ4n) is 4.09. The summed E-state index contributed by atoms with van der Waals surface area (Å²) in [6.07, 6.45) is 15.6. The SMILES string of the molecule is C=C[C@@H]([Sn][C](CCCC)(CCCC)CCCC)N1CC[C@@H](OC(C)=O)C1. The van der Waals surface area contributed by atoms with Gasteiger partial charge in [-0.1, -0.05) is 0 Å². The molecule has 0 bridgehead atoms. The normalized spacial score (nSPS) is 19.5. The van der Waals surface area contributed by atoms with Gasteiger partial charge in [-0.3, -0.25) is 0 Å². The predicted octanol–water partition coefficient (Wildman–Crippen LogP) is 5.57. The third-order valence-corrected chi connectivity index (χ3v) is 12.1. The summed E-state index contributed by atoms with van der Waals surface area (Å²) in [6, 6.07) is 0. The van der Waals surface area contributed by atoms with E-state index in [1.54, 1.807) is 0 Å². The topological polar surface area (TPSA) is 29.5 Å². The van der Waals surface area contributed by atoms with Crippen molar-refractivity contribution in [3.8, 4) is 0 Å². The van der Waals surface area contributed by atoms with E-state index in [9.17, 15) is 4.79 Å². The van der Waals surface area contributed by atoms with Crippen LogP contribution in [0.1, 0.15) is 91.9 Å². The Morgan fingerprint density at radius 3 is 2.15 bits per heavy atom. The summed E-state index contributed by atoms with van der Waals surface area (Å²) in [4.78, 5) is 13.9. The molecular weight excluding hydrogens is 429 g/mol. The van der Waals surface area contributed by atoms with Crippen molar-refractivity contribution in [2.24, 2.45) is 0 Å². The Labute approximate surface area is 172 Å². The molecule has 2 atom stereocenters. The summed E-state index contributed by atoms with van der Waals surface area (Å²) in [5.74, 6) is -0.143. The third-order valence-electron chi connectivity index (χ3n) is 5.61. The zero-order valence-corrected chi connectivity index (χ0v) is 20.5. The van der Waals surface area contributed by atoms with Crippen molar-refractivity contribution in [3.63, 3.8) is 0 Å². The number of likely N-dealkylation sites (tertiary alicyclic amines) is 1. The van der Waals surface area contributed by atoms with Crippen LogP contribution in [0, 0.1) is 0 Å². The van der Waals surface area contributed by atoms with E-state index in [1.165, 1.54) is 64.7 Å². The van der Waals surface area contributed by atoms with Gasteiger partial charge in [-0.05, 0) is 0 Å². The standard InChI is InChI=1S/C13H27.C9H14NO2.Sn/c1-4-7-10-13(11-8-5-2)12-9-6-3;1-3-5-10-6-4-9(7-10)12-8(2)11;/h4-12H2,1-3H3;3,5,9H,1,4,6-7H2,2H3;/t;9-;/m.1./s1. The molecule has 0 N–H and O–H groups in total. The maximum atomic E-state index is 11.3. The summed E-state index contributed by atoms with van der Waals surface area (Å²) < 4.78 is 6.65. The Hall–Kier alpha value is -0.0313. The quantitative estimate of drug-likeness (QED) is 0.189. The Kier molecular flexibility index (Phi) is 12.2. The van der Waals surface area contributed by atoms with Gasteiger partial charge in [0.05, 0.1) is 0 Å². The van der Waals surface area contributed by atoms with Crippen molar-refractivity contribution in [1.82, 2.24) is 4.90 Å². The minimum absolute atomic E-state index is 0.0886. The van der Waals surface area contributed by atoms with Crippen LogP contribution >= 0.6 is 0 Å². The molecule has 2 radical (unpaired) electrons. The van der Waals surface area contributed by atoms with Crippen molar-refractivity contribution in [3.05, 3.63) is 12.7 Å². The maximum absolute atomic E-state index is 11.3. The van der Waals surface area contributed by atoms with Crippen molar-refractivity contribution >= 4 is 27.1 Å². The summed E-state index contributed by atoms with van der Waals surface area (Å²) in [7, 11) is 0. The molecule has 0 unspecified atom stereocenters. The van der Waals surface area contributed by atoms with E-state index in [0.29, 0.717) is 7.49 Å². The fourth-order valence-corrected chi connectivity index (χ4v) is 10.2. The van der Waals surface area contributed by atoms with Crippen molar-refractivity contribution in [2.45, 2.75) is 105 Å². The van der Waals surface area contributed by atoms with E-state index < -0.39 is 21.1 Å². The third kappa shape index (κ3) is 8.33. The molecule has 26 heavy (non-hydrogen) atoms. The van der Waals surface area contributed by atoms with Gasteiger partial charge in [0.2, 0.25) is 0 Å². The van der Waals surface area contributed by atoms with Gasteiger partial charge in [0.15, 0.2) is 0 Å². The van der Waals surface area contributed by atoms with E-state index in [4.69, 9.17) is 4.74 Å². The monoisotopic (exact) mass is 471 g/mol. The molecule has 0 saturated carbocycles. The number of hydrogen-bond acceptors (Lipinski definition) is 3. The van der Waals surface area contributed by atoms with Crippen molar-refractivity contribution in [2.75, 3.05) is 13.1 Å². The average molecular weight is 470 g/mol. The van der Waals surface area contributed by atoms with E-state index in [0.717, 1.165) is 19.5 Å². The molecule has 1 aliphatic heterocycles. The van der Waals surface area contributed by atoms with Gasteiger partial charge in [-0.2, -0.15) is 0 Å². The molecule has 1 rings (SSSR count). The van der Waals surface area contributed by atoms with Gasteiger partial charge in [-0.25, -0.2) is 0 Å². The molecule has 4 heteroatoms. The molecule has 0 aliphatic carbocycles. The van der Waals surface area contributed by atoms with Crippen LogP contribution in [0.2, 0.25) is 3.43 Å². The van der Waals surface area contributed by atoms with Gasteiger partial charge in [0, 0.05) is 0 Å². The van der Waals surface area contributed by atoms with E-state index in [-0.39, 0.29) is 12.1 Å². The first-order chi connectivity index (χ1) is 12.5. The van der Waals surface area contributed by atoms with Crippen molar-refractivity contribution < 1.29 is 9.53 Å². The number of carbonyl (C=O) groups excluding carboxylic acids is 1. The number of ether oxygens (including phenoxy) is 1.